The van der Waals surface area contributed by atoms with E-state index in [2.05, 4.69) is 18.7 Å². The van der Waals surface area contributed by atoms with E-state index in [0.717, 1.165) is 56.5 Å². The van der Waals surface area contributed by atoms with Crippen molar-refractivity contribution < 1.29 is 9.47 Å². The molecule has 0 aliphatic heterocycles. The van der Waals surface area contributed by atoms with Crippen LogP contribution in [0.15, 0.2) is 61.2 Å². The van der Waals surface area contributed by atoms with Crippen LogP contribution in [-0.4, -0.2) is 39.1 Å². The van der Waals surface area contributed by atoms with Gasteiger partial charge in [0.2, 0.25) is 0 Å². The standard InChI is InChI=1S/C29H33N5O2/c1-19-15-32-25(21(3)28(19)35-5)17-34(18-26-22(4)29(36-6)20(2)16-33-26)27(23-11-7-9-13-30-23)24-12-8-10-14-31-24/h7-16,27H,17-18H2,1-6H3. The Morgan fingerprint density at radius 3 is 1.47 bits per heavy atom. The largest absolute Gasteiger partial charge is 0.496 e. The molecule has 0 N–H and O–H groups in total. The van der Waals surface area contributed by atoms with Crippen molar-refractivity contribution in [2.75, 3.05) is 14.2 Å². The van der Waals surface area contributed by atoms with E-state index in [4.69, 9.17) is 29.4 Å². The summed E-state index contributed by atoms with van der Waals surface area (Å²) < 4.78 is 11.4. The maximum Gasteiger partial charge on any atom is 0.128 e. The molecule has 4 rings (SSSR count). The van der Waals surface area contributed by atoms with Crippen LogP contribution in [0.25, 0.3) is 0 Å². The minimum Gasteiger partial charge on any atom is -0.496 e. The molecule has 0 saturated heterocycles. The summed E-state index contributed by atoms with van der Waals surface area (Å²) in [5, 5.41) is 0. The third-order valence-corrected chi connectivity index (χ3v) is 6.51. The van der Waals surface area contributed by atoms with Crippen LogP contribution in [0.2, 0.25) is 0 Å². The summed E-state index contributed by atoms with van der Waals surface area (Å²) >= 11 is 0. The Hall–Kier alpha value is -3.84. The van der Waals surface area contributed by atoms with Crippen LogP contribution in [0, 0.1) is 27.7 Å². The van der Waals surface area contributed by atoms with Gasteiger partial charge in [0.1, 0.15) is 11.5 Å². The molecule has 4 aromatic rings. The van der Waals surface area contributed by atoms with Crippen molar-refractivity contribution in [1.82, 2.24) is 24.8 Å². The van der Waals surface area contributed by atoms with Crippen LogP contribution in [0.3, 0.4) is 0 Å². The van der Waals surface area contributed by atoms with Gasteiger partial charge in [0.25, 0.3) is 0 Å². The van der Waals surface area contributed by atoms with E-state index in [-0.39, 0.29) is 6.04 Å². The van der Waals surface area contributed by atoms with Gasteiger partial charge in [0.05, 0.1) is 43.0 Å². The highest BCUT2D eigenvalue weighted by Crippen LogP contribution is 2.33. The van der Waals surface area contributed by atoms with Crippen LogP contribution in [0.1, 0.15) is 51.1 Å². The summed E-state index contributed by atoms with van der Waals surface area (Å²) in [7, 11) is 3.40. The Kier molecular flexibility index (Phi) is 7.90. The summed E-state index contributed by atoms with van der Waals surface area (Å²) in [4.78, 5) is 21.4. The highest BCUT2D eigenvalue weighted by Gasteiger charge is 2.28. The van der Waals surface area contributed by atoms with Gasteiger partial charge in [-0.3, -0.25) is 24.8 Å². The molecule has 7 heteroatoms. The lowest BCUT2D eigenvalue weighted by molar-refractivity contribution is 0.193. The van der Waals surface area contributed by atoms with Crippen LogP contribution in [0.4, 0.5) is 0 Å². The molecule has 0 atom stereocenters. The molecule has 0 aliphatic rings. The monoisotopic (exact) mass is 483 g/mol. The van der Waals surface area contributed by atoms with Gasteiger partial charge in [-0.2, -0.15) is 0 Å². The van der Waals surface area contributed by atoms with Gasteiger partial charge in [-0.1, -0.05) is 12.1 Å². The van der Waals surface area contributed by atoms with Crippen molar-refractivity contribution in [3.05, 3.63) is 106 Å². The van der Waals surface area contributed by atoms with Gasteiger partial charge in [-0.05, 0) is 52.0 Å². The first kappa shape index (κ1) is 25.3. The number of pyridine rings is 4. The van der Waals surface area contributed by atoms with Crippen molar-refractivity contribution in [3.63, 3.8) is 0 Å². The molecule has 0 amide bonds. The van der Waals surface area contributed by atoms with Crippen molar-refractivity contribution in [1.29, 1.82) is 0 Å². The lowest BCUT2D eigenvalue weighted by atomic mass is 10.0. The van der Waals surface area contributed by atoms with E-state index < -0.39 is 0 Å². The lowest BCUT2D eigenvalue weighted by Crippen LogP contribution is -2.31. The molecule has 0 aromatic carbocycles. The van der Waals surface area contributed by atoms with Gasteiger partial charge < -0.3 is 9.47 Å². The highest BCUT2D eigenvalue weighted by molar-refractivity contribution is 5.42. The van der Waals surface area contributed by atoms with Gasteiger partial charge in [-0.15, -0.1) is 0 Å². The molecule has 4 heterocycles. The molecule has 0 saturated carbocycles. The minimum absolute atomic E-state index is 0.214. The van der Waals surface area contributed by atoms with E-state index in [0.29, 0.717) is 13.1 Å². The molecule has 0 aliphatic carbocycles. The maximum atomic E-state index is 5.70. The number of nitrogens with zero attached hydrogens (tertiary/aromatic N) is 5. The van der Waals surface area contributed by atoms with E-state index in [9.17, 15) is 0 Å². The summed E-state index contributed by atoms with van der Waals surface area (Å²) in [5.74, 6) is 1.72. The first-order chi connectivity index (χ1) is 17.4. The first-order valence-electron chi connectivity index (χ1n) is 12.0. The minimum atomic E-state index is -0.214. The summed E-state index contributed by atoms with van der Waals surface area (Å²) in [6.45, 7) is 9.24. The molecule has 186 valence electrons. The number of methoxy groups -OCH3 is 2. The predicted octanol–water partition coefficient (Wildman–Crippen LogP) is 5.31. The Bertz CT molecular complexity index is 1210. The highest BCUT2D eigenvalue weighted by atomic mass is 16.5. The van der Waals surface area contributed by atoms with Gasteiger partial charge in [0, 0.05) is 60.1 Å². The molecule has 0 fully saturated rings. The zero-order valence-electron chi connectivity index (χ0n) is 21.8. The van der Waals surface area contributed by atoms with Gasteiger partial charge in [-0.25, -0.2) is 0 Å². The third kappa shape index (κ3) is 5.21. The smallest absolute Gasteiger partial charge is 0.128 e. The fourth-order valence-corrected chi connectivity index (χ4v) is 4.69. The van der Waals surface area contributed by atoms with E-state index >= 15 is 0 Å². The molecule has 0 bridgehead atoms. The van der Waals surface area contributed by atoms with E-state index in [1.807, 2.05) is 75.0 Å². The summed E-state index contributed by atoms with van der Waals surface area (Å²) in [6.07, 6.45) is 7.38. The molecule has 0 radical (unpaired) electrons. The second kappa shape index (κ2) is 11.3. The van der Waals surface area contributed by atoms with Crippen molar-refractivity contribution in [3.8, 4) is 11.5 Å². The van der Waals surface area contributed by atoms with Crippen LogP contribution in [-0.2, 0) is 13.1 Å². The van der Waals surface area contributed by atoms with Crippen molar-refractivity contribution in [2.24, 2.45) is 0 Å². The topological polar surface area (TPSA) is 73.3 Å². The van der Waals surface area contributed by atoms with Crippen LogP contribution < -0.4 is 9.47 Å². The summed E-state index contributed by atoms with van der Waals surface area (Å²) in [5.41, 5.74) is 7.75. The third-order valence-electron chi connectivity index (χ3n) is 6.51. The number of aromatic nitrogens is 4. The van der Waals surface area contributed by atoms with E-state index in [1.165, 1.54) is 0 Å². The first-order valence-corrected chi connectivity index (χ1v) is 12.0. The van der Waals surface area contributed by atoms with Crippen LogP contribution in [0.5, 0.6) is 11.5 Å². The average Bonchev–Trinajstić information content (AvgIpc) is 2.89. The maximum absolute atomic E-state index is 5.70. The van der Waals surface area contributed by atoms with Crippen LogP contribution >= 0.6 is 0 Å². The Morgan fingerprint density at radius 2 is 1.11 bits per heavy atom. The fraction of sp³-hybridized carbons (Fsp3) is 0.310. The Morgan fingerprint density at radius 1 is 0.667 bits per heavy atom. The average molecular weight is 484 g/mol. The number of aryl methyl sites for hydroxylation is 2. The Labute approximate surface area is 213 Å². The van der Waals surface area contributed by atoms with Gasteiger partial charge in [0.15, 0.2) is 0 Å². The quantitative estimate of drug-likeness (QED) is 0.319. The fourth-order valence-electron chi connectivity index (χ4n) is 4.69. The summed E-state index contributed by atoms with van der Waals surface area (Å²) in [6, 6.07) is 11.7. The van der Waals surface area contributed by atoms with E-state index in [1.54, 1.807) is 14.2 Å². The number of ether oxygens (including phenoxy) is 2. The number of hydrogen-bond acceptors (Lipinski definition) is 7. The second-order valence-electron chi connectivity index (χ2n) is 8.91. The second-order valence-corrected chi connectivity index (χ2v) is 8.91. The molecule has 0 unspecified atom stereocenters. The predicted molar refractivity (Wildman–Crippen MR) is 140 cm³/mol. The lowest BCUT2D eigenvalue weighted by Gasteiger charge is -2.32. The molecule has 0 spiro atoms. The normalized spacial score (nSPS) is 11.2. The molecule has 36 heavy (non-hydrogen) atoms. The SMILES string of the molecule is COc1c(C)cnc(CN(Cc2ncc(C)c(OC)c2C)C(c2ccccn2)c2ccccn2)c1C. The van der Waals surface area contributed by atoms with Crippen molar-refractivity contribution in [2.45, 2.75) is 46.8 Å². The molecular formula is C29H33N5O2. The Balaban J connectivity index is 1.86. The van der Waals surface area contributed by atoms with Gasteiger partial charge >= 0.3 is 0 Å². The van der Waals surface area contributed by atoms with Crippen molar-refractivity contribution >= 4 is 0 Å². The molecular weight excluding hydrogens is 450 g/mol. The molecule has 7 nitrogen and oxygen atoms in total. The number of rotatable bonds is 9. The number of hydrogen-bond donors (Lipinski definition) is 0. The molecule has 4 aromatic heterocycles. The zero-order chi connectivity index (χ0) is 25.7. The zero-order valence-corrected chi connectivity index (χ0v) is 21.8.